The molecule has 2 rings (SSSR count). The fraction of sp³-hybridized carbons (Fsp3) is 0.500. The van der Waals surface area contributed by atoms with Crippen molar-refractivity contribution in [2.75, 3.05) is 19.6 Å². The van der Waals surface area contributed by atoms with Gasteiger partial charge in [-0.3, -0.25) is 4.90 Å². The third-order valence-electron chi connectivity index (χ3n) is 2.91. The first kappa shape index (κ1) is 10.9. The molecule has 0 amide bonds. The fourth-order valence-electron chi connectivity index (χ4n) is 1.99. The van der Waals surface area contributed by atoms with E-state index in [1.54, 1.807) is 0 Å². The molecule has 1 atom stereocenters. The summed E-state index contributed by atoms with van der Waals surface area (Å²) in [5.74, 6) is 0. The Hall–Kier alpha value is -0.570. The van der Waals surface area contributed by atoms with Crippen molar-refractivity contribution in [2.24, 2.45) is 0 Å². The maximum absolute atomic E-state index is 5.97. The SMILES string of the molecule is CC1CNCCN1Cc1cccc(Cl)c1. The van der Waals surface area contributed by atoms with E-state index in [2.05, 4.69) is 29.3 Å². The van der Waals surface area contributed by atoms with Gasteiger partial charge in [0.15, 0.2) is 0 Å². The maximum atomic E-state index is 5.97. The molecular formula is C12H17ClN2. The fourth-order valence-corrected chi connectivity index (χ4v) is 2.20. The van der Waals surface area contributed by atoms with Crippen LogP contribution in [0.2, 0.25) is 5.02 Å². The molecule has 0 radical (unpaired) electrons. The first-order valence-electron chi connectivity index (χ1n) is 5.45. The van der Waals surface area contributed by atoms with E-state index in [0.29, 0.717) is 6.04 Å². The van der Waals surface area contributed by atoms with E-state index in [1.165, 1.54) is 5.56 Å². The molecule has 1 aromatic rings. The molecule has 3 heteroatoms. The Balaban J connectivity index is 2.01. The summed E-state index contributed by atoms with van der Waals surface area (Å²) < 4.78 is 0. The van der Waals surface area contributed by atoms with E-state index in [1.807, 2.05) is 12.1 Å². The predicted molar refractivity (Wildman–Crippen MR) is 64.2 cm³/mol. The Morgan fingerprint density at radius 1 is 1.53 bits per heavy atom. The highest BCUT2D eigenvalue weighted by atomic mass is 35.5. The van der Waals surface area contributed by atoms with Crippen LogP contribution in [0.3, 0.4) is 0 Å². The summed E-state index contributed by atoms with van der Waals surface area (Å²) in [5, 5.41) is 4.22. The molecule has 1 aliphatic rings. The van der Waals surface area contributed by atoms with Crippen LogP contribution < -0.4 is 5.32 Å². The van der Waals surface area contributed by atoms with Gasteiger partial charge < -0.3 is 5.32 Å². The lowest BCUT2D eigenvalue weighted by atomic mass is 10.1. The molecule has 0 aliphatic carbocycles. The van der Waals surface area contributed by atoms with Crippen molar-refractivity contribution < 1.29 is 0 Å². The highest BCUT2D eigenvalue weighted by Crippen LogP contribution is 2.14. The summed E-state index contributed by atoms with van der Waals surface area (Å²) in [6.07, 6.45) is 0. The predicted octanol–water partition coefficient (Wildman–Crippen LogP) is 2.13. The van der Waals surface area contributed by atoms with Crippen LogP contribution in [0.25, 0.3) is 0 Å². The van der Waals surface area contributed by atoms with Crippen molar-refractivity contribution in [3.05, 3.63) is 34.9 Å². The molecule has 0 spiro atoms. The van der Waals surface area contributed by atoms with Gasteiger partial charge >= 0.3 is 0 Å². The smallest absolute Gasteiger partial charge is 0.0409 e. The zero-order valence-corrected chi connectivity index (χ0v) is 9.80. The molecule has 0 aromatic heterocycles. The maximum Gasteiger partial charge on any atom is 0.0409 e. The number of piperazine rings is 1. The third-order valence-corrected chi connectivity index (χ3v) is 3.15. The highest BCUT2D eigenvalue weighted by molar-refractivity contribution is 6.30. The molecule has 15 heavy (non-hydrogen) atoms. The number of nitrogens with one attached hydrogen (secondary N) is 1. The summed E-state index contributed by atoms with van der Waals surface area (Å²) in [6.45, 7) is 6.55. The first-order chi connectivity index (χ1) is 7.25. The number of rotatable bonds is 2. The van der Waals surface area contributed by atoms with Gasteiger partial charge in [0.25, 0.3) is 0 Å². The molecule has 2 nitrogen and oxygen atoms in total. The van der Waals surface area contributed by atoms with E-state index in [0.717, 1.165) is 31.2 Å². The second kappa shape index (κ2) is 4.97. The van der Waals surface area contributed by atoms with Crippen molar-refractivity contribution in [1.82, 2.24) is 10.2 Å². The second-order valence-corrected chi connectivity index (χ2v) is 4.59. The lowest BCUT2D eigenvalue weighted by Gasteiger charge is -2.33. The molecule has 1 unspecified atom stereocenters. The molecule has 0 bridgehead atoms. The number of nitrogens with zero attached hydrogens (tertiary/aromatic N) is 1. The Morgan fingerprint density at radius 3 is 3.13 bits per heavy atom. The Morgan fingerprint density at radius 2 is 2.40 bits per heavy atom. The van der Waals surface area contributed by atoms with Crippen LogP contribution in [-0.2, 0) is 6.54 Å². The summed E-state index contributed by atoms with van der Waals surface area (Å²) in [6, 6.07) is 8.74. The average molecular weight is 225 g/mol. The molecule has 1 aliphatic heterocycles. The van der Waals surface area contributed by atoms with Crippen LogP contribution >= 0.6 is 11.6 Å². The van der Waals surface area contributed by atoms with Gasteiger partial charge in [-0.2, -0.15) is 0 Å². The number of halogens is 1. The average Bonchev–Trinajstić information content (AvgIpc) is 2.22. The van der Waals surface area contributed by atoms with E-state index in [-0.39, 0.29) is 0 Å². The number of benzene rings is 1. The largest absolute Gasteiger partial charge is 0.314 e. The molecule has 1 saturated heterocycles. The zero-order chi connectivity index (χ0) is 10.7. The Kier molecular flexibility index (Phi) is 3.62. The van der Waals surface area contributed by atoms with Gasteiger partial charge in [0.05, 0.1) is 0 Å². The summed E-state index contributed by atoms with van der Waals surface area (Å²) in [5.41, 5.74) is 1.30. The standard InChI is InChI=1S/C12H17ClN2/c1-10-8-14-5-6-15(10)9-11-3-2-4-12(13)7-11/h2-4,7,10,14H,5-6,8-9H2,1H3. The minimum absolute atomic E-state index is 0.609. The van der Waals surface area contributed by atoms with Crippen molar-refractivity contribution >= 4 is 11.6 Å². The van der Waals surface area contributed by atoms with Gasteiger partial charge in [0, 0.05) is 37.2 Å². The molecular weight excluding hydrogens is 208 g/mol. The van der Waals surface area contributed by atoms with Crippen LogP contribution in [0, 0.1) is 0 Å². The quantitative estimate of drug-likeness (QED) is 0.828. The summed E-state index contributed by atoms with van der Waals surface area (Å²) in [4.78, 5) is 2.49. The van der Waals surface area contributed by atoms with E-state index < -0.39 is 0 Å². The molecule has 0 saturated carbocycles. The van der Waals surface area contributed by atoms with Gasteiger partial charge in [0.1, 0.15) is 0 Å². The van der Waals surface area contributed by atoms with Gasteiger partial charge in [-0.05, 0) is 24.6 Å². The van der Waals surface area contributed by atoms with Crippen molar-refractivity contribution in [3.63, 3.8) is 0 Å². The van der Waals surface area contributed by atoms with Crippen LogP contribution in [0.1, 0.15) is 12.5 Å². The van der Waals surface area contributed by atoms with Crippen molar-refractivity contribution in [1.29, 1.82) is 0 Å². The van der Waals surface area contributed by atoms with Crippen LogP contribution in [0.4, 0.5) is 0 Å². The summed E-state index contributed by atoms with van der Waals surface area (Å²) in [7, 11) is 0. The van der Waals surface area contributed by atoms with Crippen molar-refractivity contribution in [2.45, 2.75) is 19.5 Å². The third kappa shape index (κ3) is 2.94. The molecule has 1 heterocycles. The zero-order valence-electron chi connectivity index (χ0n) is 9.04. The minimum atomic E-state index is 0.609. The molecule has 1 fully saturated rings. The minimum Gasteiger partial charge on any atom is -0.314 e. The molecule has 1 aromatic carbocycles. The van der Waals surface area contributed by atoms with Gasteiger partial charge in [-0.15, -0.1) is 0 Å². The highest BCUT2D eigenvalue weighted by Gasteiger charge is 2.17. The van der Waals surface area contributed by atoms with Gasteiger partial charge in [-0.25, -0.2) is 0 Å². The second-order valence-electron chi connectivity index (χ2n) is 4.15. The van der Waals surface area contributed by atoms with Crippen LogP contribution in [0.5, 0.6) is 0 Å². The first-order valence-corrected chi connectivity index (χ1v) is 5.83. The van der Waals surface area contributed by atoms with E-state index >= 15 is 0 Å². The Bertz CT molecular complexity index is 327. The normalized spacial score (nSPS) is 22.9. The number of hydrogen-bond donors (Lipinski definition) is 1. The van der Waals surface area contributed by atoms with Crippen molar-refractivity contribution in [3.8, 4) is 0 Å². The topological polar surface area (TPSA) is 15.3 Å². The van der Waals surface area contributed by atoms with Crippen LogP contribution in [-0.4, -0.2) is 30.6 Å². The molecule has 1 N–H and O–H groups in total. The van der Waals surface area contributed by atoms with Crippen LogP contribution in [0.15, 0.2) is 24.3 Å². The molecule has 82 valence electrons. The number of hydrogen-bond acceptors (Lipinski definition) is 2. The monoisotopic (exact) mass is 224 g/mol. The van der Waals surface area contributed by atoms with E-state index in [9.17, 15) is 0 Å². The summed E-state index contributed by atoms with van der Waals surface area (Å²) >= 11 is 5.97. The van der Waals surface area contributed by atoms with Gasteiger partial charge in [0.2, 0.25) is 0 Å². The van der Waals surface area contributed by atoms with Gasteiger partial charge in [-0.1, -0.05) is 23.7 Å². The lowest BCUT2D eigenvalue weighted by molar-refractivity contribution is 0.165. The van der Waals surface area contributed by atoms with E-state index in [4.69, 9.17) is 11.6 Å². The Labute approximate surface area is 96.2 Å². The lowest BCUT2D eigenvalue weighted by Crippen LogP contribution is -2.49.